The fourth-order valence-corrected chi connectivity index (χ4v) is 2.48. The summed E-state index contributed by atoms with van der Waals surface area (Å²) in [6.45, 7) is 1.64. The number of rotatable bonds is 4. The molecule has 0 aliphatic carbocycles. The fraction of sp³-hybridized carbons (Fsp3) is 0.250. The molecule has 0 aromatic carbocycles. The first-order chi connectivity index (χ1) is 15.6. The third-order valence-electron chi connectivity index (χ3n) is 3.79. The van der Waals surface area contributed by atoms with Gasteiger partial charge in [0.2, 0.25) is 19.3 Å². The van der Waals surface area contributed by atoms with Crippen molar-refractivity contribution in [3.05, 3.63) is 93.6 Å². The van der Waals surface area contributed by atoms with Crippen LogP contribution in [0, 0.1) is 0 Å². The Morgan fingerprint density at radius 3 is 1.43 bits per heavy atom. The van der Waals surface area contributed by atoms with Gasteiger partial charge >= 0.3 is 29.6 Å². The summed E-state index contributed by atoms with van der Waals surface area (Å²) in [7, 11) is 4.04. The van der Waals surface area contributed by atoms with E-state index in [1.165, 1.54) is 6.33 Å². The van der Waals surface area contributed by atoms with E-state index in [0.717, 1.165) is 17.6 Å². The molecule has 0 saturated carbocycles. The third-order valence-corrected chi connectivity index (χ3v) is 3.79. The molecular formula is C20H27Br2Cl2N10Na. The predicted octanol–water partition coefficient (Wildman–Crippen LogP) is -7.19. The molecule has 5 rings (SSSR count). The van der Waals surface area contributed by atoms with Crippen LogP contribution in [0.15, 0.2) is 93.6 Å². The minimum atomic E-state index is 0. The van der Waals surface area contributed by atoms with Crippen molar-refractivity contribution in [3.8, 4) is 0 Å². The van der Waals surface area contributed by atoms with Crippen molar-refractivity contribution < 1.29 is 63.5 Å². The molecule has 0 bridgehead atoms. The van der Waals surface area contributed by atoms with Crippen molar-refractivity contribution in [2.75, 3.05) is 4.24 Å². The zero-order valence-corrected chi connectivity index (χ0v) is 26.4. The second kappa shape index (κ2) is 21.8. The molecule has 0 aliphatic rings. The first kappa shape index (κ1) is 35.8. The zero-order valence-electron chi connectivity index (χ0n) is 19.8. The van der Waals surface area contributed by atoms with Crippen LogP contribution in [0.5, 0.6) is 0 Å². The van der Waals surface area contributed by atoms with Crippen LogP contribution < -0.4 is 68.5 Å². The second-order valence-corrected chi connectivity index (χ2v) is 9.06. The molecule has 5 heterocycles. The molecule has 0 radical (unpaired) electrons. The normalized spacial score (nSPS) is 8.80. The fourth-order valence-electron chi connectivity index (χ4n) is 2.48. The molecule has 0 unspecified atom stereocenters. The molecule has 0 atom stereocenters. The smallest absolute Gasteiger partial charge is 1.00 e. The zero-order chi connectivity index (χ0) is 23.0. The van der Waals surface area contributed by atoms with Crippen LogP contribution >= 0.6 is 31.9 Å². The molecule has 35 heavy (non-hydrogen) atoms. The Kier molecular flexibility index (Phi) is 22.3. The van der Waals surface area contributed by atoms with Gasteiger partial charge < -0.3 is 43.9 Å². The number of halogens is 4. The number of imidazole rings is 5. The minimum absolute atomic E-state index is 0. The summed E-state index contributed by atoms with van der Waals surface area (Å²) in [6, 6.07) is 0. The monoisotopic (exact) mass is 658 g/mol. The first-order valence-corrected chi connectivity index (χ1v) is 11.8. The van der Waals surface area contributed by atoms with Crippen molar-refractivity contribution in [2.45, 2.75) is 13.3 Å². The van der Waals surface area contributed by atoms with E-state index in [0.29, 0.717) is 0 Å². The quantitative estimate of drug-likeness (QED) is 0.109. The molecule has 0 N–H and O–H groups in total. The number of nitrogens with zero attached hydrogens (tertiary/aromatic N) is 10. The van der Waals surface area contributed by atoms with E-state index in [1.54, 1.807) is 37.4 Å². The van der Waals surface area contributed by atoms with Crippen LogP contribution in [0.25, 0.3) is 0 Å². The Balaban J connectivity index is 0. The van der Waals surface area contributed by atoms with Gasteiger partial charge in [-0.25, -0.2) is 19.1 Å². The topological polar surface area (TPSA) is 80.2 Å². The minimum Gasteiger partial charge on any atom is -1.00 e. The van der Waals surface area contributed by atoms with Crippen molar-refractivity contribution in [3.63, 3.8) is 0 Å². The number of aromatic nitrogens is 10. The summed E-state index contributed by atoms with van der Waals surface area (Å²) >= 11 is 6.12. The van der Waals surface area contributed by atoms with Crippen molar-refractivity contribution in [1.82, 2.24) is 38.2 Å². The summed E-state index contributed by atoms with van der Waals surface area (Å²) in [4.78, 5) is 15.1. The molecule has 5 aromatic heterocycles. The Hall–Kier alpha value is -1.41. The summed E-state index contributed by atoms with van der Waals surface area (Å²) in [5.74, 6) is 0. The van der Waals surface area contributed by atoms with E-state index in [-0.39, 0.29) is 54.4 Å². The van der Waals surface area contributed by atoms with Crippen LogP contribution in [0.2, 0.25) is 0 Å². The van der Waals surface area contributed by atoms with Crippen LogP contribution in [-0.4, -0.2) is 37.5 Å². The average molecular weight is 661 g/mol. The molecular weight excluding hydrogens is 634 g/mol. The van der Waals surface area contributed by atoms with E-state index < -0.39 is 0 Å². The van der Waals surface area contributed by atoms with Crippen LogP contribution in [-0.2, 0) is 27.4 Å². The van der Waals surface area contributed by atoms with Gasteiger partial charge in [0.25, 0.3) is 0 Å². The number of alkyl halides is 2. The van der Waals surface area contributed by atoms with E-state index in [1.807, 2.05) is 57.2 Å². The van der Waals surface area contributed by atoms with Gasteiger partial charge in [0.15, 0.2) is 0 Å². The average Bonchev–Trinajstić information content (AvgIpc) is 3.59. The van der Waals surface area contributed by atoms with Crippen molar-refractivity contribution in [2.24, 2.45) is 14.1 Å². The number of aryl methyl sites for hydroxylation is 2. The Labute approximate surface area is 256 Å². The Morgan fingerprint density at radius 2 is 1.17 bits per heavy atom. The van der Waals surface area contributed by atoms with E-state index >= 15 is 0 Å². The van der Waals surface area contributed by atoms with Gasteiger partial charge in [0.05, 0.1) is 31.0 Å². The largest absolute Gasteiger partial charge is 1.00 e. The van der Waals surface area contributed by atoms with Gasteiger partial charge in [0, 0.05) is 24.8 Å². The van der Waals surface area contributed by atoms with Crippen LogP contribution in [0.1, 0.15) is 0 Å². The van der Waals surface area contributed by atoms with Crippen molar-refractivity contribution in [1.29, 1.82) is 0 Å². The molecule has 0 spiro atoms. The summed E-state index contributed by atoms with van der Waals surface area (Å²) in [6.07, 6.45) is 28.0. The first-order valence-electron chi connectivity index (χ1n) is 9.52. The maximum atomic E-state index is 3.93. The standard InChI is InChI=1S/C9H14N4.C7H8N4.C3H3N2.CH2Br2.2ClH.Na/c1-10-3-5-12(7-10)9-13-6-4-11(2)8-13;1-3-10(5-8-1)7-11-4-2-9-6-11;1-2-5-3-4-1;2-1-3;;;/h3-8H,9H2,1-2H3;1-6H,7H2;1-3H;1H2;2*1H;/q+2;;-1;;;;+1/p-2. The maximum Gasteiger partial charge on any atom is 1.00 e. The number of hydrogen-bond acceptors (Lipinski definition) is 3. The van der Waals surface area contributed by atoms with Gasteiger partial charge in [-0.1, -0.05) is 50.6 Å². The summed E-state index contributed by atoms with van der Waals surface area (Å²) in [5, 5.41) is 0. The molecule has 0 fully saturated rings. The molecule has 15 heteroatoms. The Bertz CT molecular complexity index is 980. The molecule has 186 valence electrons. The molecule has 0 aliphatic heterocycles. The predicted molar refractivity (Wildman–Crippen MR) is 127 cm³/mol. The Morgan fingerprint density at radius 1 is 0.714 bits per heavy atom. The SMILES string of the molecule is BrCBr.C[n+]1ccn(Cn2cc[n+](C)c2)c1.[Cl-].[Cl-].[Na+].c1c[n-]cn1.c1cn(Cn2ccnc2)cn1. The van der Waals surface area contributed by atoms with E-state index in [9.17, 15) is 0 Å². The number of hydrogen-bond donors (Lipinski definition) is 0. The maximum absolute atomic E-state index is 3.93. The molecule has 0 saturated heterocycles. The molecule has 10 nitrogen and oxygen atoms in total. The summed E-state index contributed by atoms with van der Waals surface area (Å²) in [5.41, 5.74) is 0. The van der Waals surface area contributed by atoms with Gasteiger partial charge in [-0.05, 0) is 0 Å². The van der Waals surface area contributed by atoms with Crippen LogP contribution in [0.4, 0.5) is 0 Å². The molecule has 0 amide bonds. The second-order valence-electron chi connectivity index (χ2n) is 6.44. The van der Waals surface area contributed by atoms with E-state index in [4.69, 9.17) is 0 Å². The van der Waals surface area contributed by atoms with Gasteiger partial charge in [-0.3, -0.25) is 0 Å². The van der Waals surface area contributed by atoms with Crippen LogP contribution in [0.3, 0.4) is 0 Å². The van der Waals surface area contributed by atoms with Gasteiger partial charge in [0.1, 0.15) is 31.5 Å². The van der Waals surface area contributed by atoms with Gasteiger partial charge in [-0.2, -0.15) is 9.13 Å². The van der Waals surface area contributed by atoms with Crippen molar-refractivity contribution >= 4 is 31.9 Å². The van der Waals surface area contributed by atoms with Gasteiger partial charge in [-0.15, -0.1) is 0 Å². The third kappa shape index (κ3) is 16.0. The summed E-state index contributed by atoms with van der Waals surface area (Å²) < 4.78 is 13.1. The van der Waals surface area contributed by atoms with E-state index in [2.05, 4.69) is 86.0 Å². The molecule has 5 aromatic rings.